The molecule has 4 N–H and O–H groups in total. The van der Waals surface area contributed by atoms with Gasteiger partial charge in [0.25, 0.3) is 5.91 Å². The number of halogens is 1. The first-order valence-electron chi connectivity index (χ1n) is 13.2. The summed E-state index contributed by atoms with van der Waals surface area (Å²) in [5, 5.41) is 26.2. The minimum atomic E-state index is -1.27. The first kappa shape index (κ1) is 31.3. The highest BCUT2D eigenvalue weighted by Gasteiger charge is 2.37. The number of nitrogens with zero attached hydrogens (tertiary/aromatic N) is 1. The van der Waals surface area contributed by atoms with Crippen molar-refractivity contribution >= 4 is 35.2 Å². The maximum atomic E-state index is 14.2. The Morgan fingerprint density at radius 3 is 2.22 bits per heavy atom. The van der Waals surface area contributed by atoms with Crippen molar-refractivity contribution in [2.45, 2.75) is 58.7 Å². The Hall–Kier alpha value is -4.24. The number of rotatable bonds is 9. The van der Waals surface area contributed by atoms with Crippen LogP contribution in [0.2, 0.25) is 5.02 Å². The SMILES string of the molecule is CCN(C(=O)C(Cc1ccc(O)cc1)NC(=O)OC(C)(C)C)C(C(=O)Nc1c(C)cccc1Cl)c1ccccc1O. The second-order valence-electron chi connectivity index (χ2n) is 10.6. The van der Waals surface area contributed by atoms with Gasteiger partial charge in [-0.05, 0) is 70.0 Å². The molecule has 0 saturated heterocycles. The quantitative estimate of drug-likeness (QED) is 0.256. The van der Waals surface area contributed by atoms with Gasteiger partial charge in [-0.3, -0.25) is 9.59 Å². The second-order valence-corrected chi connectivity index (χ2v) is 11.0. The number of nitrogens with one attached hydrogen (secondary N) is 2. The van der Waals surface area contributed by atoms with Crippen LogP contribution in [0.1, 0.15) is 50.4 Å². The molecule has 3 aromatic carbocycles. The van der Waals surface area contributed by atoms with Crippen LogP contribution < -0.4 is 10.6 Å². The number of ether oxygens (including phenoxy) is 1. The van der Waals surface area contributed by atoms with Gasteiger partial charge in [0.1, 0.15) is 29.2 Å². The number of phenolic OH excluding ortho intramolecular Hbond substituents is 2. The van der Waals surface area contributed by atoms with Gasteiger partial charge in [0.15, 0.2) is 0 Å². The lowest BCUT2D eigenvalue weighted by Crippen LogP contribution is -2.53. The fourth-order valence-electron chi connectivity index (χ4n) is 4.33. The van der Waals surface area contributed by atoms with Crippen molar-refractivity contribution in [2.75, 3.05) is 11.9 Å². The highest BCUT2D eigenvalue weighted by atomic mass is 35.5. The van der Waals surface area contributed by atoms with E-state index in [4.69, 9.17) is 16.3 Å². The van der Waals surface area contributed by atoms with E-state index in [0.29, 0.717) is 21.8 Å². The highest BCUT2D eigenvalue weighted by molar-refractivity contribution is 6.34. The van der Waals surface area contributed by atoms with Crippen molar-refractivity contribution in [3.63, 3.8) is 0 Å². The highest BCUT2D eigenvalue weighted by Crippen LogP contribution is 2.33. The molecule has 2 atom stereocenters. The third kappa shape index (κ3) is 8.38. The molecule has 0 aliphatic rings. The van der Waals surface area contributed by atoms with E-state index in [1.807, 2.05) is 0 Å². The van der Waals surface area contributed by atoms with Gasteiger partial charge in [-0.2, -0.15) is 0 Å². The number of benzene rings is 3. The van der Waals surface area contributed by atoms with Gasteiger partial charge in [-0.15, -0.1) is 0 Å². The summed E-state index contributed by atoms with van der Waals surface area (Å²) in [5.74, 6) is -1.30. The minimum Gasteiger partial charge on any atom is -0.508 e. The lowest BCUT2D eigenvalue weighted by Gasteiger charge is -2.34. The summed E-state index contributed by atoms with van der Waals surface area (Å²) >= 11 is 6.37. The predicted octanol–water partition coefficient (Wildman–Crippen LogP) is 5.72. The van der Waals surface area contributed by atoms with Crippen LogP contribution in [0.15, 0.2) is 66.7 Å². The first-order chi connectivity index (χ1) is 19.3. The molecule has 0 saturated carbocycles. The summed E-state index contributed by atoms with van der Waals surface area (Å²) in [4.78, 5) is 42.2. The van der Waals surface area contributed by atoms with E-state index >= 15 is 0 Å². The van der Waals surface area contributed by atoms with Crippen LogP contribution in [0.25, 0.3) is 0 Å². The number of hydrogen-bond acceptors (Lipinski definition) is 6. The van der Waals surface area contributed by atoms with Crippen LogP contribution in [0.3, 0.4) is 0 Å². The zero-order valence-corrected chi connectivity index (χ0v) is 24.5. The second kappa shape index (κ2) is 13.4. The van der Waals surface area contributed by atoms with Gasteiger partial charge in [-0.1, -0.05) is 54.1 Å². The van der Waals surface area contributed by atoms with E-state index in [-0.39, 0.29) is 30.0 Å². The van der Waals surface area contributed by atoms with Crippen LogP contribution in [0.5, 0.6) is 11.5 Å². The van der Waals surface area contributed by atoms with Gasteiger partial charge in [0, 0.05) is 18.5 Å². The largest absolute Gasteiger partial charge is 0.508 e. The number of para-hydroxylation sites is 2. The summed E-state index contributed by atoms with van der Waals surface area (Å²) in [6, 6.07) is 15.3. The number of alkyl carbamates (subject to hydrolysis) is 1. The molecule has 0 fully saturated rings. The normalized spacial score (nSPS) is 12.6. The minimum absolute atomic E-state index is 0.0492. The number of aromatic hydroxyl groups is 2. The summed E-state index contributed by atoms with van der Waals surface area (Å²) in [5.41, 5.74) is 1.14. The third-order valence-corrected chi connectivity index (χ3v) is 6.57. The smallest absolute Gasteiger partial charge is 0.408 e. The van der Waals surface area contributed by atoms with Crippen molar-refractivity contribution in [1.82, 2.24) is 10.2 Å². The molecule has 9 nitrogen and oxygen atoms in total. The summed E-state index contributed by atoms with van der Waals surface area (Å²) in [7, 11) is 0. The maximum absolute atomic E-state index is 14.2. The molecular weight excluding hydrogens is 546 g/mol. The van der Waals surface area contributed by atoms with Gasteiger partial charge < -0.3 is 30.5 Å². The number of carbonyl (C=O) groups excluding carboxylic acids is 3. The Balaban J connectivity index is 2.04. The molecular formula is C31H36ClN3O6. The molecule has 10 heteroatoms. The molecule has 3 aromatic rings. The number of hydrogen-bond donors (Lipinski definition) is 4. The van der Waals surface area contributed by atoms with Gasteiger partial charge in [0.05, 0.1) is 10.7 Å². The standard InChI is InChI=1S/C31H36ClN3O6/c1-6-35(29(39)24(33-30(40)41-31(3,4)5)18-20-14-16-21(36)17-15-20)27(22-11-7-8-13-25(22)37)28(38)34-26-19(2)10-9-12-23(26)32/h7-17,24,27,36-37H,6,18H2,1-5H3,(H,33,40)(H,34,38). The van der Waals surface area contributed by atoms with Crippen LogP contribution in [-0.2, 0) is 20.7 Å². The van der Waals surface area contributed by atoms with Crippen molar-refractivity contribution in [3.05, 3.63) is 88.4 Å². The van der Waals surface area contributed by atoms with Crippen molar-refractivity contribution in [1.29, 1.82) is 0 Å². The number of carbonyl (C=O) groups is 3. The molecule has 218 valence electrons. The number of amides is 3. The number of anilines is 1. The molecule has 0 aliphatic carbocycles. The number of aryl methyl sites for hydroxylation is 1. The van der Waals surface area contributed by atoms with Crippen molar-refractivity contribution in [2.24, 2.45) is 0 Å². The molecule has 0 aliphatic heterocycles. The lowest BCUT2D eigenvalue weighted by atomic mass is 9.99. The molecule has 0 bridgehead atoms. The van der Waals surface area contributed by atoms with Gasteiger partial charge in [0.2, 0.25) is 5.91 Å². The van der Waals surface area contributed by atoms with Gasteiger partial charge in [-0.25, -0.2) is 4.79 Å². The number of phenols is 2. The van der Waals surface area contributed by atoms with Crippen LogP contribution in [-0.4, -0.2) is 51.2 Å². The topological polar surface area (TPSA) is 128 Å². The summed E-state index contributed by atoms with van der Waals surface area (Å²) in [6.07, 6.45) is -0.755. The average Bonchev–Trinajstić information content (AvgIpc) is 2.89. The van der Waals surface area contributed by atoms with Crippen LogP contribution >= 0.6 is 11.6 Å². The van der Waals surface area contributed by atoms with E-state index in [9.17, 15) is 24.6 Å². The number of likely N-dealkylation sites (N-methyl/N-ethyl adjacent to an activating group) is 1. The van der Waals surface area contributed by atoms with Crippen LogP contribution in [0.4, 0.5) is 10.5 Å². The molecule has 0 aromatic heterocycles. The molecule has 0 spiro atoms. The zero-order chi connectivity index (χ0) is 30.3. The van der Waals surface area contributed by atoms with E-state index in [1.54, 1.807) is 83.1 Å². The lowest BCUT2D eigenvalue weighted by molar-refractivity contribution is -0.140. The Bertz CT molecular complexity index is 1370. The fourth-order valence-corrected chi connectivity index (χ4v) is 4.60. The first-order valence-corrected chi connectivity index (χ1v) is 13.6. The Morgan fingerprint density at radius 2 is 1.63 bits per heavy atom. The Morgan fingerprint density at radius 1 is 0.976 bits per heavy atom. The van der Waals surface area contributed by atoms with Crippen molar-refractivity contribution < 1.29 is 29.3 Å². The predicted molar refractivity (Wildman–Crippen MR) is 158 cm³/mol. The van der Waals surface area contributed by atoms with E-state index < -0.39 is 35.6 Å². The van der Waals surface area contributed by atoms with E-state index in [1.165, 1.54) is 23.1 Å². The van der Waals surface area contributed by atoms with Crippen LogP contribution in [0, 0.1) is 6.92 Å². The average molecular weight is 582 g/mol. The van der Waals surface area contributed by atoms with Crippen molar-refractivity contribution in [3.8, 4) is 11.5 Å². The Kier molecular flexibility index (Phi) is 10.2. The summed E-state index contributed by atoms with van der Waals surface area (Å²) < 4.78 is 5.41. The fraction of sp³-hybridized carbons (Fsp3) is 0.323. The molecule has 3 amide bonds. The molecule has 0 radical (unpaired) electrons. The van der Waals surface area contributed by atoms with E-state index in [2.05, 4.69) is 10.6 Å². The monoisotopic (exact) mass is 581 g/mol. The molecule has 2 unspecified atom stereocenters. The summed E-state index contributed by atoms with van der Waals surface area (Å²) in [6.45, 7) is 8.67. The molecule has 41 heavy (non-hydrogen) atoms. The molecule has 0 heterocycles. The van der Waals surface area contributed by atoms with E-state index in [0.717, 1.165) is 0 Å². The van der Waals surface area contributed by atoms with Gasteiger partial charge >= 0.3 is 6.09 Å². The Labute approximate surface area is 245 Å². The zero-order valence-electron chi connectivity index (χ0n) is 23.8. The molecule has 3 rings (SSSR count). The third-order valence-electron chi connectivity index (χ3n) is 6.25. The maximum Gasteiger partial charge on any atom is 0.408 e.